The minimum atomic E-state index is -1.04. The van der Waals surface area contributed by atoms with Gasteiger partial charge in [-0.2, -0.15) is 0 Å². The Hall–Kier alpha value is -0.400. The zero-order valence-corrected chi connectivity index (χ0v) is 14.1. The van der Waals surface area contributed by atoms with Gasteiger partial charge in [0.15, 0.2) is 0 Å². The Balaban J connectivity index is 2.93. The van der Waals surface area contributed by atoms with Crippen LogP contribution in [0.15, 0.2) is 13.6 Å². The third-order valence-electron chi connectivity index (χ3n) is 2.29. The lowest BCUT2D eigenvalue weighted by atomic mass is 9.86. The summed E-state index contributed by atoms with van der Waals surface area (Å²) in [7, 11) is 0. The van der Waals surface area contributed by atoms with Gasteiger partial charge in [0, 0.05) is 0 Å². The molecule has 1 aromatic heterocycles. The van der Waals surface area contributed by atoms with Crippen molar-refractivity contribution in [3.8, 4) is 0 Å². The lowest BCUT2D eigenvalue weighted by Gasteiger charge is -2.27. The normalized spacial score (nSPS) is 13.2. The van der Waals surface area contributed by atoms with Crippen molar-refractivity contribution in [3.05, 3.63) is 19.2 Å². The summed E-state index contributed by atoms with van der Waals surface area (Å²) >= 11 is 7.92. The molecule has 0 saturated carbocycles. The average molecular weight is 399 g/mol. The Bertz CT molecular complexity index is 479. The van der Waals surface area contributed by atoms with Gasteiger partial charge in [-0.15, -0.1) is 11.3 Å². The van der Waals surface area contributed by atoms with Crippen molar-refractivity contribution in [1.82, 2.24) is 5.32 Å². The Labute approximate surface area is 126 Å². The summed E-state index contributed by atoms with van der Waals surface area (Å²) in [5, 5.41) is 11.7. The van der Waals surface area contributed by atoms with E-state index in [9.17, 15) is 9.59 Å². The van der Waals surface area contributed by atoms with E-state index in [4.69, 9.17) is 5.11 Å². The first-order chi connectivity index (χ1) is 8.12. The first kappa shape index (κ1) is 15.7. The molecule has 1 unspecified atom stereocenters. The predicted octanol–water partition coefficient (Wildman–Crippen LogP) is 3.50. The molecule has 0 radical (unpaired) electrons. The van der Waals surface area contributed by atoms with Crippen LogP contribution in [0.25, 0.3) is 0 Å². The molecule has 100 valence electrons. The van der Waals surface area contributed by atoms with Gasteiger partial charge in [-0.3, -0.25) is 4.79 Å². The van der Waals surface area contributed by atoms with Crippen LogP contribution in [0.4, 0.5) is 0 Å². The van der Waals surface area contributed by atoms with Crippen molar-refractivity contribution < 1.29 is 14.7 Å². The van der Waals surface area contributed by atoms with Gasteiger partial charge in [0.25, 0.3) is 5.91 Å². The van der Waals surface area contributed by atoms with Crippen molar-refractivity contribution in [3.63, 3.8) is 0 Å². The number of carboxylic acid groups (broad SMARTS) is 1. The number of amides is 1. The van der Waals surface area contributed by atoms with Gasteiger partial charge in [0.05, 0.1) is 13.1 Å². The maximum absolute atomic E-state index is 12.0. The number of carbonyl (C=O) groups excluding carboxylic acids is 1. The largest absolute Gasteiger partial charge is 0.480 e. The molecule has 0 spiro atoms. The first-order valence-corrected chi connectivity index (χ1v) is 7.51. The number of hydrogen-bond acceptors (Lipinski definition) is 3. The minimum Gasteiger partial charge on any atom is -0.480 e. The number of hydrogen-bond donors (Lipinski definition) is 2. The third kappa shape index (κ3) is 3.80. The van der Waals surface area contributed by atoms with E-state index in [1.54, 1.807) is 26.8 Å². The highest BCUT2D eigenvalue weighted by atomic mass is 79.9. The summed E-state index contributed by atoms with van der Waals surface area (Å²) in [4.78, 5) is 23.2. The molecule has 7 heteroatoms. The van der Waals surface area contributed by atoms with E-state index in [-0.39, 0.29) is 0 Å². The van der Waals surface area contributed by atoms with E-state index in [2.05, 4.69) is 37.2 Å². The van der Waals surface area contributed by atoms with E-state index in [1.807, 2.05) is 0 Å². The quantitative estimate of drug-likeness (QED) is 0.818. The van der Waals surface area contributed by atoms with Gasteiger partial charge in [-0.1, -0.05) is 20.8 Å². The van der Waals surface area contributed by atoms with Crippen molar-refractivity contribution in [2.24, 2.45) is 5.41 Å². The van der Waals surface area contributed by atoms with Gasteiger partial charge in [-0.25, -0.2) is 4.79 Å². The monoisotopic (exact) mass is 397 g/mol. The molecule has 1 rings (SSSR count). The number of aliphatic carboxylic acids is 1. The SMILES string of the molecule is CC(C)(C)C(NC(=O)c1cc(Br)sc1Br)C(=O)O. The van der Waals surface area contributed by atoms with E-state index in [1.165, 1.54) is 11.3 Å². The molecule has 4 nitrogen and oxygen atoms in total. The van der Waals surface area contributed by atoms with Crippen LogP contribution >= 0.6 is 43.2 Å². The predicted molar refractivity (Wildman–Crippen MR) is 78.1 cm³/mol. The fraction of sp³-hybridized carbons (Fsp3) is 0.455. The van der Waals surface area contributed by atoms with E-state index in [0.29, 0.717) is 9.35 Å². The number of thiophene rings is 1. The lowest BCUT2D eigenvalue weighted by Crippen LogP contribution is -2.49. The molecule has 0 aliphatic rings. The van der Waals surface area contributed by atoms with E-state index < -0.39 is 23.3 Å². The molecule has 1 atom stereocenters. The number of carboxylic acids is 1. The van der Waals surface area contributed by atoms with Gasteiger partial charge in [0.2, 0.25) is 0 Å². The summed E-state index contributed by atoms with van der Waals surface area (Å²) in [5.74, 6) is -1.44. The maximum Gasteiger partial charge on any atom is 0.326 e. The van der Waals surface area contributed by atoms with Crippen LogP contribution in [-0.4, -0.2) is 23.0 Å². The standard InChI is InChI=1S/C11H13Br2NO3S/c1-11(2,3)7(10(16)17)14-9(15)5-4-6(12)18-8(5)13/h4,7H,1-3H3,(H,14,15)(H,16,17). The molecule has 2 N–H and O–H groups in total. The molecule has 0 saturated heterocycles. The second-order valence-corrected chi connectivity index (χ2v) is 8.60. The highest BCUT2D eigenvalue weighted by molar-refractivity contribution is 9.12. The van der Waals surface area contributed by atoms with Crippen LogP contribution < -0.4 is 5.32 Å². The summed E-state index contributed by atoms with van der Waals surface area (Å²) in [5.41, 5.74) is -0.122. The molecule has 0 bridgehead atoms. The third-order valence-corrected chi connectivity index (χ3v) is 4.63. The molecule has 0 fully saturated rings. The zero-order chi connectivity index (χ0) is 14.1. The Morgan fingerprint density at radius 3 is 2.28 bits per heavy atom. The minimum absolute atomic E-state index is 0.397. The molecule has 0 aromatic carbocycles. The summed E-state index contributed by atoms with van der Waals surface area (Å²) in [6, 6.07) is 0.724. The van der Waals surface area contributed by atoms with Crippen molar-refractivity contribution >= 4 is 55.1 Å². The van der Waals surface area contributed by atoms with Gasteiger partial charge < -0.3 is 10.4 Å². The van der Waals surface area contributed by atoms with Crippen molar-refractivity contribution in [2.75, 3.05) is 0 Å². The van der Waals surface area contributed by atoms with Crippen LogP contribution in [0, 0.1) is 5.41 Å². The van der Waals surface area contributed by atoms with Crippen molar-refractivity contribution in [1.29, 1.82) is 0 Å². The first-order valence-electron chi connectivity index (χ1n) is 5.11. The molecular formula is C11H13Br2NO3S. The van der Waals surface area contributed by atoms with Crippen LogP contribution in [0.3, 0.4) is 0 Å². The Morgan fingerprint density at radius 1 is 1.39 bits per heavy atom. The lowest BCUT2D eigenvalue weighted by molar-refractivity contribution is -0.142. The highest BCUT2D eigenvalue weighted by Crippen LogP contribution is 2.32. The molecule has 1 aromatic rings. The second kappa shape index (κ2) is 5.71. The summed E-state index contributed by atoms with van der Waals surface area (Å²) in [6.45, 7) is 5.31. The molecule has 0 aliphatic carbocycles. The number of rotatable bonds is 3. The Morgan fingerprint density at radius 2 is 1.94 bits per heavy atom. The number of halogens is 2. The van der Waals surface area contributed by atoms with Crippen LogP contribution in [-0.2, 0) is 4.79 Å². The maximum atomic E-state index is 12.0. The molecular weight excluding hydrogens is 386 g/mol. The molecule has 18 heavy (non-hydrogen) atoms. The smallest absolute Gasteiger partial charge is 0.326 e. The summed E-state index contributed by atoms with van der Waals surface area (Å²) < 4.78 is 1.48. The van der Waals surface area contributed by atoms with Gasteiger partial charge in [0.1, 0.15) is 6.04 Å². The zero-order valence-electron chi connectivity index (χ0n) is 10.1. The molecule has 1 amide bonds. The summed E-state index contributed by atoms with van der Waals surface area (Å²) in [6.07, 6.45) is 0. The van der Waals surface area contributed by atoms with E-state index in [0.717, 1.165) is 3.79 Å². The number of nitrogens with one attached hydrogen (secondary N) is 1. The van der Waals surface area contributed by atoms with Crippen LogP contribution in [0.1, 0.15) is 31.1 Å². The number of carbonyl (C=O) groups is 2. The molecule has 1 heterocycles. The average Bonchev–Trinajstić information content (AvgIpc) is 2.51. The molecule has 0 aliphatic heterocycles. The van der Waals surface area contributed by atoms with E-state index >= 15 is 0 Å². The van der Waals surface area contributed by atoms with Crippen LogP contribution in [0.2, 0.25) is 0 Å². The fourth-order valence-electron chi connectivity index (χ4n) is 1.35. The second-order valence-electron chi connectivity index (χ2n) is 4.85. The van der Waals surface area contributed by atoms with Crippen molar-refractivity contribution in [2.45, 2.75) is 26.8 Å². The topological polar surface area (TPSA) is 66.4 Å². The van der Waals surface area contributed by atoms with Gasteiger partial charge >= 0.3 is 5.97 Å². The van der Waals surface area contributed by atoms with Gasteiger partial charge in [-0.05, 0) is 43.3 Å². The van der Waals surface area contributed by atoms with Crippen LogP contribution in [0.5, 0.6) is 0 Å². The Kier molecular flexibility index (Phi) is 4.97. The highest BCUT2D eigenvalue weighted by Gasteiger charge is 2.33. The fourth-order valence-corrected chi connectivity index (χ4v) is 4.15.